The highest BCUT2D eigenvalue weighted by atomic mass is 19.1. The Labute approximate surface area is 183 Å². The van der Waals surface area contributed by atoms with Crippen molar-refractivity contribution in [1.29, 1.82) is 0 Å². The topological polar surface area (TPSA) is 125 Å². The number of amides is 3. The van der Waals surface area contributed by atoms with Gasteiger partial charge in [-0.25, -0.2) is 14.0 Å². The zero-order valence-electron chi connectivity index (χ0n) is 17.7. The Hall–Kier alpha value is -4.21. The summed E-state index contributed by atoms with van der Waals surface area (Å²) in [6.07, 6.45) is 2.22. The summed E-state index contributed by atoms with van der Waals surface area (Å²) in [7, 11) is 0. The second-order valence-corrected chi connectivity index (χ2v) is 7.72. The number of benzene rings is 1. The second-order valence-electron chi connectivity index (χ2n) is 7.72. The van der Waals surface area contributed by atoms with Gasteiger partial charge in [0.25, 0.3) is 5.56 Å². The van der Waals surface area contributed by atoms with Crippen molar-refractivity contribution in [3.63, 3.8) is 0 Å². The number of H-pyrrole nitrogens is 1. The fourth-order valence-corrected chi connectivity index (χ4v) is 2.75. The van der Waals surface area contributed by atoms with Crippen LogP contribution >= 0.6 is 0 Å². The highest BCUT2D eigenvalue weighted by Gasteiger charge is 2.18. The maximum atomic E-state index is 14.6. The van der Waals surface area contributed by atoms with Gasteiger partial charge in [0.05, 0.1) is 28.8 Å². The van der Waals surface area contributed by atoms with E-state index in [0.29, 0.717) is 5.69 Å². The van der Waals surface area contributed by atoms with Gasteiger partial charge in [-0.2, -0.15) is 0 Å². The summed E-state index contributed by atoms with van der Waals surface area (Å²) < 4.78 is 19.8. The number of pyridine rings is 2. The van der Waals surface area contributed by atoms with Gasteiger partial charge in [0, 0.05) is 6.20 Å². The molecule has 0 saturated carbocycles. The Morgan fingerprint density at radius 2 is 1.78 bits per heavy atom. The van der Waals surface area contributed by atoms with Gasteiger partial charge in [0.2, 0.25) is 0 Å². The lowest BCUT2D eigenvalue weighted by Crippen LogP contribution is -2.29. The van der Waals surface area contributed by atoms with E-state index in [4.69, 9.17) is 4.74 Å². The van der Waals surface area contributed by atoms with Crippen molar-refractivity contribution in [1.82, 2.24) is 9.97 Å². The average Bonchev–Trinajstić information content (AvgIpc) is 2.69. The number of urea groups is 1. The molecule has 0 atom stereocenters. The molecule has 0 fully saturated rings. The summed E-state index contributed by atoms with van der Waals surface area (Å²) in [6, 6.07) is 9.54. The standard InChI is InChI=1S/C22H22FN5O4/c1-22(2,3)32-21(31)28-17-10-9-16(26-19(17)29)18-14(23)7-4-8-15(18)27-20(30)25-13-6-5-11-24-12-13/h4-12H,1-3H3,(H,26,29)(H,28,31)(H2,25,27,30). The molecule has 3 amide bonds. The van der Waals surface area contributed by atoms with Crippen LogP contribution in [0, 0.1) is 5.82 Å². The first-order valence-corrected chi connectivity index (χ1v) is 9.62. The summed E-state index contributed by atoms with van der Waals surface area (Å²) in [5.74, 6) is -0.660. The fourth-order valence-electron chi connectivity index (χ4n) is 2.75. The largest absolute Gasteiger partial charge is 0.444 e. The number of aromatic amines is 1. The van der Waals surface area contributed by atoms with Crippen molar-refractivity contribution in [2.24, 2.45) is 0 Å². The molecule has 32 heavy (non-hydrogen) atoms. The van der Waals surface area contributed by atoms with E-state index >= 15 is 0 Å². The first-order chi connectivity index (χ1) is 15.1. The van der Waals surface area contributed by atoms with Crippen LogP contribution < -0.4 is 21.5 Å². The maximum absolute atomic E-state index is 14.6. The zero-order chi connectivity index (χ0) is 23.3. The van der Waals surface area contributed by atoms with Crippen LogP contribution in [0.4, 0.5) is 31.0 Å². The van der Waals surface area contributed by atoms with E-state index in [1.165, 1.54) is 36.5 Å². The number of anilines is 3. The molecule has 4 N–H and O–H groups in total. The highest BCUT2D eigenvalue weighted by molar-refractivity contribution is 6.02. The van der Waals surface area contributed by atoms with E-state index in [1.807, 2.05) is 0 Å². The zero-order valence-corrected chi connectivity index (χ0v) is 17.7. The van der Waals surface area contributed by atoms with Gasteiger partial charge in [-0.05, 0) is 57.2 Å². The smallest absolute Gasteiger partial charge is 0.412 e. The summed E-state index contributed by atoms with van der Waals surface area (Å²) in [5, 5.41) is 7.49. The summed E-state index contributed by atoms with van der Waals surface area (Å²) >= 11 is 0. The third-order valence-electron chi connectivity index (χ3n) is 4.00. The predicted molar refractivity (Wildman–Crippen MR) is 119 cm³/mol. The molecule has 3 aromatic rings. The Morgan fingerprint density at radius 1 is 1.00 bits per heavy atom. The number of aromatic nitrogens is 2. The van der Waals surface area contributed by atoms with Crippen molar-refractivity contribution in [2.75, 3.05) is 16.0 Å². The van der Waals surface area contributed by atoms with E-state index in [0.717, 1.165) is 0 Å². The molecule has 2 aromatic heterocycles. The third-order valence-corrected chi connectivity index (χ3v) is 4.00. The quantitative estimate of drug-likeness (QED) is 0.474. The van der Waals surface area contributed by atoms with E-state index < -0.39 is 29.1 Å². The second kappa shape index (κ2) is 9.29. The number of carbonyl (C=O) groups excluding carboxylic acids is 2. The highest BCUT2D eigenvalue weighted by Crippen LogP contribution is 2.29. The van der Waals surface area contributed by atoms with Crippen molar-refractivity contribution < 1.29 is 18.7 Å². The average molecular weight is 439 g/mol. The number of hydrogen-bond donors (Lipinski definition) is 4. The van der Waals surface area contributed by atoms with E-state index in [9.17, 15) is 18.8 Å². The molecular formula is C22H22FN5O4. The number of rotatable bonds is 4. The first kappa shape index (κ1) is 22.5. The molecule has 0 radical (unpaired) electrons. The molecule has 3 rings (SSSR count). The molecule has 10 heteroatoms. The van der Waals surface area contributed by atoms with Gasteiger partial charge in [-0.3, -0.25) is 15.1 Å². The van der Waals surface area contributed by atoms with Crippen LogP contribution in [0.1, 0.15) is 20.8 Å². The molecule has 0 unspecified atom stereocenters. The minimum atomic E-state index is -0.795. The number of halogens is 1. The molecule has 0 bridgehead atoms. The fraction of sp³-hybridized carbons (Fsp3) is 0.182. The molecule has 9 nitrogen and oxygen atoms in total. The summed E-state index contributed by atoms with van der Waals surface area (Å²) in [6.45, 7) is 5.07. The van der Waals surface area contributed by atoms with E-state index in [1.54, 1.807) is 39.1 Å². The Balaban J connectivity index is 1.83. The van der Waals surface area contributed by atoms with Gasteiger partial charge in [0.15, 0.2) is 0 Å². The summed E-state index contributed by atoms with van der Waals surface area (Å²) in [5.41, 5.74) is -0.787. The van der Waals surface area contributed by atoms with Gasteiger partial charge >= 0.3 is 12.1 Å². The van der Waals surface area contributed by atoms with E-state index in [2.05, 4.69) is 25.9 Å². The SMILES string of the molecule is CC(C)(C)OC(=O)Nc1ccc(-c2c(F)cccc2NC(=O)Nc2cccnc2)[nH]c1=O. The molecule has 2 heterocycles. The molecule has 0 aliphatic carbocycles. The van der Waals surface area contributed by atoms with Crippen LogP contribution in [0.2, 0.25) is 0 Å². The lowest BCUT2D eigenvalue weighted by molar-refractivity contribution is 0.0635. The molecule has 1 aromatic carbocycles. The molecular weight excluding hydrogens is 417 g/mol. The number of hydrogen-bond acceptors (Lipinski definition) is 5. The molecule has 0 aliphatic heterocycles. The van der Waals surface area contributed by atoms with Crippen molar-refractivity contribution in [2.45, 2.75) is 26.4 Å². The maximum Gasteiger partial charge on any atom is 0.412 e. The monoisotopic (exact) mass is 439 g/mol. The van der Waals surface area contributed by atoms with Crippen LogP contribution in [0.3, 0.4) is 0 Å². The molecule has 0 aliphatic rings. The van der Waals surface area contributed by atoms with Crippen LogP contribution in [-0.2, 0) is 4.74 Å². The van der Waals surface area contributed by atoms with Crippen molar-refractivity contribution in [3.8, 4) is 11.3 Å². The van der Waals surface area contributed by atoms with Crippen molar-refractivity contribution in [3.05, 3.63) is 71.0 Å². The first-order valence-electron chi connectivity index (χ1n) is 9.62. The van der Waals surface area contributed by atoms with E-state index in [-0.39, 0.29) is 22.6 Å². The minimum Gasteiger partial charge on any atom is -0.444 e. The van der Waals surface area contributed by atoms with Crippen LogP contribution in [0.15, 0.2) is 59.7 Å². The number of nitrogens with zero attached hydrogens (tertiary/aromatic N) is 1. The number of nitrogens with one attached hydrogen (secondary N) is 4. The third kappa shape index (κ3) is 5.91. The molecule has 0 saturated heterocycles. The van der Waals surface area contributed by atoms with Gasteiger partial charge in [0.1, 0.15) is 17.1 Å². The Kier molecular flexibility index (Phi) is 6.53. The summed E-state index contributed by atoms with van der Waals surface area (Å²) in [4.78, 5) is 43.1. The lowest BCUT2D eigenvalue weighted by Gasteiger charge is -2.19. The van der Waals surface area contributed by atoms with Gasteiger partial charge in [-0.1, -0.05) is 6.07 Å². The molecule has 0 spiro atoms. The Bertz CT molecular complexity index is 1190. The molecule has 166 valence electrons. The van der Waals surface area contributed by atoms with Gasteiger partial charge in [-0.15, -0.1) is 0 Å². The van der Waals surface area contributed by atoms with Crippen LogP contribution in [-0.4, -0.2) is 27.7 Å². The van der Waals surface area contributed by atoms with Crippen molar-refractivity contribution >= 4 is 29.2 Å². The van der Waals surface area contributed by atoms with Crippen LogP contribution in [0.25, 0.3) is 11.3 Å². The number of carbonyl (C=O) groups is 2. The normalized spacial score (nSPS) is 10.9. The lowest BCUT2D eigenvalue weighted by atomic mass is 10.1. The van der Waals surface area contributed by atoms with Gasteiger partial charge < -0.3 is 20.4 Å². The van der Waals surface area contributed by atoms with Crippen LogP contribution in [0.5, 0.6) is 0 Å². The number of ether oxygens (including phenoxy) is 1. The minimum absolute atomic E-state index is 0.0187. The Morgan fingerprint density at radius 3 is 2.44 bits per heavy atom. The predicted octanol–water partition coefficient (Wildman–Crippen LogP) is 4.57.